The summed E-state index contributed by atoms with van der Waals surface area (Å²) in [5, 5.41) is 23.1. The summed E-state index contributed by atoms with van der Waals surface area (Å²) in [5.41, 5.74) is 0.499. The topological polar surface area (TPSA) is 110 Å². The van der Waals surface area contributed by atoms with Crippen molar-refractivity contribution in [1.29, 1.82) is 0 Å². The zero-order valence-corrected chi connectivity index (χ0v) is 11.3. The summed E-state index contributed by atoms with van der Waals surface area (Å²) >= 11 is 0. The van der Waals surface area contributed by atoms with Crippen LogP contribution in [0.2, 0.25) is 0 Å². The van der Waals surface area contributed by atoms with Crippen molar-refractivity contribution in [3.8, 4) is 0 Å². The Bertz CT molecular complexity index is 527. The molecule has 0 aliphatic carbocycles. The summed E-state index contributed by atoms with van der Waals surface area (Å²) in [6.45, 7) is 0.441. The molecule has 2 N–H and O–H groups in total. The number of nitro benzene ring substituents is 1. The third kappa shape index (κ3) is 5.77. The van der Waals surface area contributed by atoms with Crippen LogP contribution < -0.4 is 5.32 Å². The maximum Gasteiger partial charge on any atom is 0.269 e. The molecule has 1 unspecified atom stereocenters. The van der Waals surface area contributed by atoms with Crippen LogP contribution >= 0.6 is 0 Å². The Labute approximate surface area is 111 Å². The molecule has 0 radical (unpaired) electrons. The zero-order valence-electron chi connectivity index (χ0n) is 10.4. The fourth-order valence-electron chi connectivity index (χ4n) is 1.43. The van der Waals surface area contributed by atoms with E-state index in [1.165, 1.54) is 24.3 Å². The highest BCUT2D eigenvalue weighted by Gasteiger charge is 2.10. The van der Waals surface area contributed by atoms with Crippen LogP contribution in [-0.2, 0) is 9.84 Å². The van der Waals surface area contributed by atoms with Gasteiger partial charge in [0.05, 0.1) is 16.8 Å². The van der Waals surface area contributed by atoms with Crippen molar-refractivity contribution >= 4 is 15.5 Å². The smallest absolute Gasteiger partial charge is 0.269 e. The van der Waals surface area contributed by atoms with E-state index >= 15 is 0 Å². The minimum atomic E-state index is -3.02. The molecule has 1 aromatic rings. The molecule has 7 nitrogen and oxygen atoms in total. The number of non-ortho nitro benzene ring substituents is 1. The maximum atomic E-state index is 10.9. The standard InChI is InChI=1S/C11H16N2O5S/c1-19(17,18)7-6-12-8-11(14)9-2-4-10(5-3-9)13(15)16/h2-5,11-12,14H,6-8H2,1H3. The van der Waals surface area contributed by atoms with E-state index in [9.17, 15) is 23.6 Å². The third-order valence-electron chi connectivity index (χ3n) is 2.48. The van der Waals surface area contributed by atoms with E-state index in [1.54, 1.807) is 0 Å². The number of benzene rings is 1. The van der Waals surface area contributed by atoms with Gasteiger partial charge in [0.1, 0.15) is 9.84 Å². The SMILES string of the molecule is CS(=O)(=O)CCNCC(O)c1ccc([N+](=O)[O-])cc1. The molecule has 0 saturated carbocycles. The molecule has 0 spiro atoms. The van der Waals surface area contributed by atoms with Crippen molar-refractivity contribution in [2.45, 2.75) is 6.10 Å². The van der Waals surface area contributed by atoms with Gasteiger partial charge in [0, 0.05) is 31.5 Å². The molecule has 0 heterocycles. The van der Waals surface area contributed by atoms with Crippen LogP contribution in [-0.4, -0.2) is 43.5 Å². The Morgan fingerprint density at radius 1 is 1.37 bits per heavy atom. The first kappa shape index (κ1) is 15.5. The van der Waals surface area contributed by atoms with Crippen molar-refractivity contribution in [1.82, 2.24) is 5.32 Å². The van der Waals surface area contributed by atoms with Gasteiger partial charge < -0.3 is 10.4 Å². The lowest BCUT2D eigenvalue weighted by atomic mass is 10.1. The Hall–Kier alpha value is -1.51. The van der Waals surface area contributed by atoms with Gasteiger partial charge in [0.2, 0.25) is 0 Å². The molecule has 0 amide bonds. The highest BCUT2D eigenvalue weighted by Crippen LogP contribution is 2.17. The normalized spacial score (nSPS) is 13.2. The Morgan fingerprint density at radius 2 is 1.95 bits per heavy atom. The van der Waals surface area contributed by atoms with Gasteiger partial charge in [-0.25, -0.2) is 8.42 Å². The number of hydrogen-bond acceptors (Lipinski definition) is 6. The first-order valence-electron chi connectivity index (χ1n) is 5.60. The van der Waals surface area contributed by atoms with Crippen molar-refractivity contribution in [3.05, 3.63) is 39.9 Å². The van der Waals surface area contributed by atoms with Crippen LogP contribution in [0, 0.1) is 10.1 Å². The van der Waals surface area contributed by atoms with E-state index < -0.39 is 20.9 Å². The lowest BCUT2D eigenvalue weighted by molar-refractivity contribution is -0.384. The Kier molecular flexibility index (Phi) is 5.40. The quantitative estimate of drug-likeness (QED) is 0.423. The van der Waals surface area contributed by atoms with Gasteiger partial charge in [0.25, 0.3) is 5.69 Å². The number of rotatable bonds is 7. The van der Waals surface area contributed by atoms with Gasteiger partial charge >= 0.3 is 0 Å². The molecule has 1 rings (SSSR count). The molecule has 1 aromatic carbocycles. The fraction of sp³-hybridized carbons (Fsp3) is 0.455. The number of nitrogens with one attached hydrogen (secondary N) is 1. The summed E-state index contributed by atoms with van der Waals surface area (Å²) in [6, 6.07) is 5.58. The van der Waals surface area contributed by atoms with Crippen molar-refractivity contribution < 1.29 is 18.4 Å². The summed E-state index contributed by atoms with van der Waals surface area (Å²) < 4.78 is 21.8. The van der Waals surface area contributed by atoms with Gasteiger partial charge in [-0.2, -0.15) is 0 Å². The molecule has 106 valence electrons. The van der Waals surface area contributed by atoms with Gasteiger partial charge in [-0.15, -0.1) is 0 Å². The average molecular weight is 288 g/mol. The molecule has 0 aromatic heterocycles. The second kappa shape index (κ2) is 6.60. The van der Waals surface area contributed by atoms with Crippen molar-refractivity contribution in [2.24, 2.45) is 0 Å². The van der Waals surface area contributed by atoms with E-state index in [1.807, 2.05) is 0 Å². The summed E-state index contributed by atoms with van der Waals surface area (Å²) in [7, 11) is -3.02. The van der Waals surface area contributed by atoms with E-state index in [2.05, 4.69) is 5.32 Å². The molecule has 8 heteroatoms. The summed E-state index contributed by atoms with van der Waals surface area (Å²) in [4.78, 5) is 9.95. The lowest BCUT2D eigenvalue weighted by Gasteiger charge is -2.11. The number of nitrogens with zero attached hydrogens (tertiary/aromatic N) is 1. The molecular weight excluding hydrogens is 272 g/mol. The third-order valence-corrected chi connectivity index (χ3v) is 3.42. The van der Waals surface area contributed by atoms with Crippen LogP contribution in [0.3, 0.4) is 0 Å². The van der Waals surface area contributed by atoms with E-state index in [0.29, 0.717) is 5.56 Å². The van der Waals surface area contributed by atoms with Crippen LogP contribution in [0.25, 0.3) is 0 Å². The molecule has 0 aliphatic rings. The van der Waals surface area contributed by atoms with Gasteiger partial charge in [-0.1, -0.05) is 0 Å². The van der Waals surface area contributed by atoms with Crippen molar-refractivity contribution in [2.75, 3.05) is 25.1 Å². The first-order valence-corrected chi connectivity index (χ1v) is 7.66. The van der Waals surface area contributed by atoms with Gasteiger partial charge in [-0.3, -0.25) is 10.1 Å². The van der Waals surface area contributed by atoms with Crippen LogP contribution in [0.15, 0.2) is 24.3 Å². The number of nitro groups is 1. The molecule has 19 heavy (non-hydrogen) atoms. The number of hydrogen-bond donors (Lipinski definition) is 2. The first-order chi connectivity index (χ1) is 8.79. The van der Waals surface area contributed by atoms with E-state index in [-0.39, 0.29) is 24.5 Å². The predicted molar refractivity (Wildman–Crippen MR) is 70.6 cm³/mol. The molecule has 0 aliphatic heterocycles. The molecule has 0 saturated heterocycles. The minimum absolute atomic E-state index is 0.0000184. The number of aliphatic hydroxyl groups is 1. The number of aliphatic hydroxyl groups excluding tert-OH is 1. The second-order valence-corrected chi connectivity index (χ2v) is 6.46. The maximum absolute atomic E-state index is 10.9. The predicted octanol–water partition coefficient (Wildman–Crippen LogP) is 0.262. The van der Waals surface area contributed by atoms with E-state index in [4.69, 9.17) is 0 Å². The van der Waals surface area contributed by atoms with Gasteiger partial charge in [0.15, 0.2) is 0 Å². The molecule has 0 fully saturated rings. The van der Waals surface area contributed by atoms with Crippen LogP contribution in [0.1, 0.15) is 11.7 Å². The summed E-state index contributed by atoms with van der Waals surface area (Å²) in [6.07, 6.45) is 0.307. The lowest BCUT2D eigenvalue weighted by Crippen LogP contribution is -2.26. The Balaban J connectivity index is 2.45. The van der Waals surface area contributed by atoms with Gasteiger partial charge in [-0.05, 0) is 17.7 Å². The fourth-order valence-corrected chi connectivity index (χ4v) is 1.95. The highest BCUT2D eigenvalue weighted by molar-refractivity contribution is 7.90. The molecule has 0 bridgehead atoms. The van der Waals surface area contributed by atoms with Crippen LogP contribution in [0.4, 0.5) is 5.69 Å². The van der Waals surface area contributed by atoms with E-state index in [0.717, 1.165) is 6.26 Å². The summed E-state index contributed by atoms with van der Waals surface area (Å²) in [5.74, 6) is -0.0000184. The van der Waals surface area contributed by atoms with Crippen LogP contribution in [0.5, 0.6) is 0 Å². The number of sulfone groups is 1. The largest absolute Gasteiger partial charge is 0.387 e. The zero-order chi connectivity index (χ0) is 14.5. The average Bonchev–Trinajstić information content (AvgIpc) is 2.33. The second-order valence-electron chi connectivity index (χ2n) is 4.20. The van der Waals surface area contributed by atoms with Crippen molar-refractivity contribution in [3.63, 3.8) is 0 Å². The Morgan fingerprint density at radius 3 is 2.42 bits per heavy atom. The monoisotopic (exact) mass is 288 g/mol. The molecular formula is C11H16N2O5S. The molecule has 1 atom stereocenters. The minimum Gasteiger partial charge on any atom is -0.387 e. The highest BCUT2D eigenvalue weighted by atomic mass is 32.2.